The van der Waals surface area contributed by atoms with Crippen molar-refractivity contribution in [3.63, 3.8) is 0 Å². The largest absolute Gasteiger partial charge is 0.466 e. The van der Waals surface area contributed by atoms with Crippen molar-refractivity contribution in [2.75, 3.05) is 6.61 Å². The van der Waals surface area contributed by atoms with Crippen LogP contribution in [0.2, 0.25) is 0 Å². The number of unbranched alkanes of at least 4 members (excludes halogenated alkanes) is 33. The average molecular weight is 633 g/mol. The van der Waals surface area contributed by atoms with Gasteiger partial charge in [0.25, 0.3) is 0 Å². The fourth-order valence-electron chi connectivity index (χ4n) is 6.49. The van der Waals surface area contributed by atoms with Crippen LogP contribution in [-0.2, 0) is 9.53 Å². The summed E-state index contributed by atoms with van der Waals surface area (Å²) in [6.07, 6.45) is 54.5. The molecular weight excluding hydrogens is 548 g/mol. The van der Waals surface area contributed by atoms with E-state index in [2.05, 4.69) is 26.0 Å². The Morgan fingerprint density at radius 1 is 0.356 bits per heavy atom. The van der Waals surface area contributed by atoms with Crippen LogP contribution >= 0.6 is 0 Å². The second kappa shape index (κ2) is 41.2. The summed E-state index contributed by atoms with van der Waals surface area (Å²) in [5.41, 5.74) is 0. The molecule has 0 fully saturated rings. The van der Waals surface area contributed by atoms with Gasteiger partial charge in [-0.15, -0.1) is 0 Å². The lowest BCUT2D eigenvalue weighted by atomic mass is 10.0. The van der Waals surface area contributed by atoms with Crippen LogP contribution in [0.5, 0.6) is 0 Å². The summed E-state index contributed by atoms with van der Waals surface area (Å²) in [5, 5.41) is 0. The molecule has 0 saturated heterocycles. The predicted molar refractivity (Wildman–Crippen MR) is 202 cm³/mol. The molecule has 268 valence electrons. The fourth-order valence-corrected chi connectivity index (χ4v) is 6.49. The molecule has 0 unspecified atom stereocenters. The van der Waals surface area contributed by atoms with Crippen LogP contribution in [0.3, 0.4) is 0 Å². The van der Waals surface area contributed by atoms with Crippen molar-refractivity contribution in [2.24, 2.45) is 0 Å². The van der Waals surface area contributed by atoms with Gasteiger partial charge in [0, 0.05) is 6.42 Å². The molecule has 0 atom stereocenters. The summed E-state index contributed by atoms with van der Waals surface area (Å²) in [6.45, 7) is 5.21. The van der Waals surface area contributed by atoms with E-state index in [1.807, 2.05) is 0 Å². The van der Waals surface area contributed by atoms with Gasteiger partial charge >= 0.3 is 5.97 Å². The standard InChI is InChI=1S/C43H84O2/c1-3-5-7-9-11-13-15-17-19-21-22-23-24-25-26-27-29-31-33-35-37-39-41-43(44)45-42-40-38-36-34-32-30-28-20-18-16-14-12-10-8-6-4-2/h18,20H,3-17,19,21-42H2,1-2H3/b20-18+. The number of rotatable bonds is 39. The Bertz CT molecular complexity index is 568. The highest BCUT2D eigenvalue weighted by atomic mass is 16.5. The van der Waals surface area contributed by atoms with Crippen molar-refractivity contribution >= 4 is 5.97 Å². The molecule has 0 N–H and O–H groups in total. The number of hydrogen-bond donors (Lipinski definition) is 0. The maximum Gasteiger partial charge on any atom is 0.305 e. The molecule has 0 heterocycles. The molecule has 0 rings (SSSR count). The first-order chi connectivity index (χ1) is 22.3. The molecule has 0 saturated carbocycles. The molecule has 0 aromatic carbocycles. The molecular formula is C43H84O2. The maximum absolute atomic E-state index is 12.0. The number of allylic oxidation sites excluding steroid dienone is 2. The lowest BCUT2D eigenvalue weighted by molar-refractivity contribution is -0.143. The molecule has 0 bridgehead atoms. The van der Waals surface area contributed by atoms with Gasteiger partial charge < -0.3 is 4.74 Å². The number of carbonyl (C=O) groups is 1. The molecule has 0 aliphatic carbocycles. The van der Waals surface area contributed by atoms with E-state index in [1.165, 1.54) is 218 Å². The van der Waals surface area contributed by atoms with Crippen LogP contribution in [-0.4, -0.2) is 12.6 Å². The lowest BCUT2D eigenvalue weighted by Gasteiger charge is -2.06. The van der Waals surface area contributed by atoms with Gasteiger partial charge in [0.05, 0.1) is 6.61 Å². The van der Waals surface area contributed by atoms with Crippen LogP contribution in [0.1, 0.15) is 251 Å². The first-order valence-corrected chi connectivity index (χ1v) is 21.1. The molecule has 0 aromatic heterocycles. The van der Waals surface area contributed by atoms with E-state index in [4.69, 9.17) is 4.74 Å². The van der Waals surface area contributed by atoms with Crippen molar-refractivity contribution in [3.8, 4) is 0 Å². The Hall–Kier alpha value is -0.790. The van der Waals surface area contributed by atoms with E-state index in [9.17, 15) is 4.79 Å². The van der Waals surface area contributed by atoms with E-state index >= 15 is 0 Å². The first kappa shape index (κ1) is 44.2. The summed E-state index contributed by atoms with van der Waals surface area (Å²) < 4.78 is 5.46. The quantitative estimate of drug-likeness (QED) is 0.0383. The zero-order chi connectivity index (χ0) is 32.6. The van der Waals surface area contributed by atoms with Crippen LogP contribution in [0, 0.1) is 0 Å². The fraction of sp³-hybridized carbons (Fsp3) is 0.930. The van der Waals surface area contributed by atoms with Crippen LogP contribution in [0.15, 0.2) is 12.2 Å². The van der Waals surface area contributed by atoms with E-state index in [-0.39, 0.29) is 5.97 Å². The van der Waals surface area contributed by atoms with E-state index < -0.39 is 0 Å². The monoisotopic (exact) mass is 633 g/mol. The minimum Gasteiger partial charge on any atom is -0.466 e. The molecule has 0 aliphatic rings. The van der Waals surface area contributed by atoms with Crippen molar-refractivity contribution in [3.05, 3.63) is 12.2 Å². The van der Waals surface area contributed by atoms with Crippen molar-refractivity contribution in [1.29, 1.82) is 0 Å². The Morgan fingerprint density at radius 2 is 0.622 bits per heavy atom. The van der Waals surface area contributed by atoms with E-state index in [0.29, 0.717) is 13.0 Å². The zero-order valence-electron chi connectivity index (χ0n) is 31.3. The first-order valence-electron chi connectivity index (χ1n) is 21.1. The number of hydrogen-bond acceptors (Lipinski definition) is 2. The van der Waals surface area contributed by atoms with Gasteiger partial charge in [-0.05, 0) is 38.5 Å². The highest BCUT2D eigenvalue weighted by Gasteiger charge is 2.03. The van der Waals surface area contributed by atoms with Crippen LogP contribution < -0.4 is 0 Å². The molecule has 0 amide bonds. The highest BCUT2D eigenvalue weighted by molar-refractivity contribution is 5.69. The van der Waals surface area contributed by atoms with Gasteiger partial charge in [-0.2, -0.15) is 0 Å². The lowest BCUT2D eigenvalue weighted by Crippen LogP contribution is -2.05. The summed E-state index contributed by atoms with van der Waals surface area (Å²) in [7, 11) is 0. The topological polar surface area (TPSA) is 26.3 Å². The van der Waals surface area contributed by atoms with E-state index in [1.54, 1.807) is 0 Å². The maximum atomic E-state index is 12.0. The molecule has 2 heteroatoms. The van der Waals surface area contributed by atoms with Crippen molar-refractivity contribution in [1.82, 2.24) is 0 Å². The summed E-state index contributed by atoms with van der Waals surface area (Å²) >= 11 is 0. The smallest absolute Gasteiger partial charge is 0.305 e. The Morgan fingerprint density at radius 3 is 0.956 bits per heavy atom. The molecule has 0 aromatic rings. The predicted octanol–water partition coefficient (Wildman–Crippen LogP) is 15.6. The average Bonchev–Trinajstić information content (AvgIpc) is 3.05. The minimum atomic E-state index is 0.0240. The van der Waals surface area contributed by atoms with Gasteiger partial charge in [0.2, 0.25) is 0 Å². The van der Waals surface area contributed by atoms with Crippen LogP contribution in [0.4, 0.5) is 0 Å². The Kier molecular flexibility index (Phi) is 40.5. The normalized spacial score (nSPS) is 11.6. The molecule has 2 nitrogen and oxygen atoms in total. The SMILES string of the molecule is CCCCCCCC/C=C/CCCCCCCCOC(=O)CCCCCCCCCCCCCCCCCCCCCCCC. The second-order valence-corrected chi connectivity index (χ2v) is 14.3. The number of ether oxygens (including phenoxy) is 1. The van der Waals surface area contributed by atoms with Gasteiger partial charge in [-0.1, -0.05) is 219 Å². The molecule has 0 aliphatic heterocycles. The van der Waals surface area contributed by atoms with Crippen molar-refractivity contribution in [2.45, 2.75) is 251 Å². The van der Waals surface area contributed by atoms with E-state index in [0.717, 1.165) is 12.8 Å². The van der Waals surface area contributed by atoms with Gasteiger partial charge in [0.15, 0.2) is 0 Å². The number of carbonyl (C=O) groups excluding carboxylic acids is 1. The summed E-state index contributed by atoms with van der Waals surface area (Å²) in [4.78, 5) is 12.0. The molecule has 0 spiro atoms. The molecule has 45 heavy (non-hydrogen) atoms. The third kappa shape index (κ3) is 41.2. The second-order valence-electron chi connectivity index (χ2n) is 14.3. The zero-order valence-corrected chi connectivity index (χ0v) is 31.3. The summed E-state index contributed by atoms with van der Waals surface area (Å²) in [6, 6.07) is 0. The third-order valence-electron chi connectivity index (χ3n) is 9.65. The number of esters is 1. The molecule has 0 radical (unpaired) electrons. The summed E-state index contributed by atoms with van der Waals surface area (Å²) in [5.74, 6) is 0.0240. The highest BCUT2D eigenvalue weighted by Crippen LogP contribution is 2.16. The third-order valence-corrected chi connectivity index (χ3v) is 9.65. The van der Waals surface area contributed by atoms with Crippen LogP contribution in [0.25, 0.3) is 0 Å². The van der Waals surface area contributed by atoms with Gasteiger partial charge in [0.1, 0.15) is 0 Å². The van der Waals surface area contributed by atoms with Crippen molar-refractivity contribution < 1.29 is 9.53 Å². The Labute approximate surface area is 285 Å². The van der Waals surface area contributed by atoms with Gasteiger partial charge in [-0.25, -0.2) is 0 Å². The Balaban J connectivity index is 3.17. The van der Waals surface area contributed by atoms with Gasteiger partial charge in [-0.3, -0.25) is 4.79 Å². The minimum absolute atomic E-state index is 0.0240.